The number of halogens is 2. The van der Waals surface area contributed by atoms with Gasteiger partial charge in [-0.15, -0.1) is 24.8 Å². The van der Waals surface area contributed by atoms with Crippen molar-refractivity contribution >= 4 is 31.7 Å². The van der Waals surface area contributed by atoms with E-state index in [9.17, 15) is 0 Å². The summed E-state index contributed by atoms with van der Waals surface area (Å²) >= 11 is -3.10. The fourth-order valence-corrected chi connectivity index (χ4v) is 28.7. The van der Waals surface area contributed by atoms with Crippen LogP contribution in [0.25, 0.3) is 0 Å². The van der Waals surface area contributed by atoms with Crippen LogP contribution in [0.15, 0.2) is 45.6 Å². The second-order valence-corrected chi connectivity index (χ2v) is 41.7. The predicted molar refractivity (Wildman–Crippen MR) is 139 cm³/mol. The van der Waals surface area contributed by atoms with Gasteiger partial charge in [-0.25, -0.2) is 0 Å². The minimum Gasteiger partial charge on any atom is -0.147 e. The first kappa shape index (κ1) is 26.9. The number of hydrogen-bond donors (Lipinski definition) is 0. The first-order valence-electron chi connectivity index (χ1n) is 12.3. The molecule has 4 heteroatoms. The largest absolute Gasteiger partial charge is 0.147 e. The minimum atomic E-state index is -3.10. The summed E-state index contributed by atoms with van der Waals surface area (Å²) in [6, 6.07) is 0. The molecule has 4 rings (SSSR count). The summed E-state index contributed by atoms with van der Waals surface area (Å²) in [7, 11) is 0. The van der Waals surface area contributed by atoms with Gasteiger partial charge >= 0.3 is 177 Å². The molecule has 0 saturated heterocycles. The van der Waals surface area contributed by atoms with Crippen LogP contribution in [-0.4, -0.2) is 6.88 Å². The molecule has 0 saturated carbocycles. The Labute approximate surface area is 200 Å². The summed E-state index contributed by atoms with van der Waals surface area (Å²) in [5, 5.41) is 0. The molecule has 170 valence electrons. The molecular formula is C26H44Cl2SiZr. The van der Waals surface area contributed by atoms with Crippen LogP contribution >= 0.6 is 24.8 Å². The van der Waals surface area contributed by atoms with Crippen LogP contribution in [0.1, 0.15) is 90.9 Å². The second-order valence-electron chi connectivity index (χ2n) is 11.3. The van der Waals surface area contributed by atoms with Gasteiger partial charge < -0.3 is 0 Å². The van der Waals surface area contributed by atoms with E-state index in [-0.39, 0.29) is 24.8 Å². The van der Waals surface area contributed by atoms with Gasteiger partial charge in [-0.05, 0) is 0 Å². The van der Waals surface area contributed by atoms with Crippen molar-refractivity contribution in [3.63, 3.8) is 0 Å². The van der Waals surface area contributed by atoms with Crippen molar-refractivity contribution in [1.82, 2.24) is 0 Å². The monoisotopic (exact) mass is 544 g/mol. The normalized spacial score (nSPS) is 26.4. The Morgan fingerprint density at radius 2 is 1.10 bits per heavy atom. The van der Waals surface area contributed by atoms with Crippen molar-refractivity contribution in [2.45, 2.75) is 107 Å². The molecular weight excluding hydrogens is 503 g/mol. The third kappa shape index (κ3) is 4.64. The molecule has 0 N–H and O–H groups in total. The maximum atomic E-state index is 2.87. The van der Waals surface area contributed by atoms with Gasteiger partial charge in [0.25, 0.3) is 0 Å². The van der Waals surface area contributed by atoms with E-state index in [1.165, 1.54) is 77.0 Å². The minimum absolute atomic E-state index is 0. The molecule has 0 aromatic carbocycles. The van der Waals surface area contributed by atoms with E-state index in [2.05, 4.69) is 42.1 Å². The molecule has 4 aliphatic rings. The van der Waals surface area contributed by atoms with Crippen LogP contribution in [0.5, 0.6) is 0 Å². The summed E-state index contributed by atoms with van der Waals surface area (Å²) in [6.07, 6.45) is 22.0. The average Bonchev–Trinajstić information content (AvgIpc) is 3.20. The standard InChI is InChI=1S/2C12H17.2CH3.2ClH.H2Si.Zr/c2*1-2-5-10-8-11-6-3-4-7-12(11)9-10;;;;;;/h2*8-9H,2-7H2,1H3;2*1H3;2*1H;1H2;. The Morgan fingerprint density at radius 1 is 0.733 bits per heavy atom. The molecule has 0 bridgehead atoms. The second kappa shape index (κ2) is 10.3. The van der Waals surface area contributed by atoms with Crippen molar-refractivity contribution < 1.29 is 17.4 Å². The van der Waals surface area contributed by atoms with Gasteiger partial charge in [0.2, 0.25) is 0 Å². The van der Waals surface area contributed by atoms with Crippen LogP contribution < -0.4 is 0 Å². The van der Waals surface area contributed by atoms with E-state index in [1.54, 1.807) is 11.1 Å². The van der Waals surface area contributed by atoms with Crippen molar-refractivity contribution in [3.05, 3.63) is 45.6 Å². The van der Waals surface area contributed by atoms with Crippen LogP contribution in [-0.2, 0) is 17.4 Å². The van der Waals surface area contributed by atoms with Crippen molar-refractivity contribution in [2.24, 2.45) is 0 Å². The van der Waals surface area contributed by atoms with E-state index < -0.39 is 17.4 Å². The van der Waals surface area contributed by atoms with E-state index in [0.717, 1.165) is 7.25 Å². The Kier molecular flexibility index (Phi) is 9.21. The first-order chi connectivity index (χ1) is 13.4. The van der Waals surface area contributed by atoms with Crippen molar-refractivity contribution in [2.75, 3.05) is 0 Å². The number of hydrogen-bond acceptors (Lipinski definition) is 0. The van der Waals surface area contributed by atoms with E-state index in [1.807, 2.05) is 22.3 Å². The zero-order valence-electron chi connectivity index (χ0n) is 19.8. The maximum absolute atomic E-state index is 3.10. The molecule has 30 heavy (non-hydrogen) atoms. The molecule has 4 aliphatic carbocycles. The third-order valence-corrected chi connectivity index (χ3v) is 25.9. The number of allylic oxidation sites excluding steroid dienone is 8. The fraction of sp³-hybridized carbons (Fsp3) is 0.692. The first-order valence-corrected chi connectivity index (χ1v) is 26.0. The summed E-state index contributed by atoms with van der Waals surface area (Å²) in [6.45, 7) is 7.36. The van der Waals surface area contributed by atoms with E-state index >= 15 is 0 Å². The van der Waals surface area contributed by atoms with Crippen LogP contribution in [0, 0.1) is 0 Å². The molecule has 0 nitrogen and oxygen atoms in total. The molecule has 2 unspecified atom stereocenters. The predicted octanol–water partition coefficient (Wildman–Crippen LogP) is 8.96. The third-order valence-electron chi connectivity index (χ3n) is 8.24. The van der Waals surface area contributed by atoms with Gasteiger partial charge in [0.05, 0.1) is 0 Å². The Hall–Kier alpha value is 0.640. The van der Waals surface area contributed by atoms with Gasteiger partial charge in [-0.2, -0.15) is 0 Å². The molecule has 0 heterocycles. The molecule has 0 aliphatic heterocycles. The fourth-order valence-electron chi connectivity index (χ4n) is 7.49. The van der Waals surface area contributed by atoms with Crippen molar-refractivity contribution in [3.8, 4) is 0 Å². The quantitative estimate of drug-likeness (QED) is 0.292. The summed E-state index contributed by atoms with van der Waals surface area (Å²) in [4.78, 5) is 0. The van der Waals surface area contributed by atoms with Crippen LogP contribution in [0.4, 0.5) is 0 Å². The zero-order valence-corrected chi connectivity index (χ0v) is 25.3. The maximum Gasteiger partial charge on any atom is -0.147 e. The molecule has 0 amide bonds. The Bertz CT molecular complexity index is 788. The van der Waals surface area contributed by atoms with Crippen LogP contribution in [0.3, 0.4) is 0 Å². The smallest absolute Gasteiger partial charge is 0.147 e. The summed E-state index contributed by atoms with van der Waals surface area (Å²) < 4.78 is 7.48. The molecule has 2 atom stereocenters. The Morgan fingerprint density at radius 3 is 1.47 bits per heavy atom. The molecule has 0 fully saturated rings. The van der Waals surface area contributed by atoms with Gasteiger partial charge in [-0.1, -0.05) is 0 Å². The van der Waals surface area contributed by atoms with Gasteiger partial charge in [0, 0.05) is 0 Å². The van der Waals surface area contributed by atoms with Crippen molar-refractivity contribution in [1.29, 1.82) is 0 Å². The van der Waals surface area contributed by atoms with Gasteiger partial charge in [0.15, 0.2) is 0 Å². The molecule has 0 radical (unpaired) electrons. The number of rotatable bonds is 6. The molecule has 0 aromatic heterocycles. The van der Waals surface area contributed by atoms with Gasteiger partial charge in [-0.3, -0.25) is 0 Å². The van der Waals surface area contributed by atoms with E-state index in [0.29, 0.717) is 0 Å². The SMILES string of the molecule is CCCC1=CC2=C(CCCC2)[CH]1[Zr]([CH3])([CH3])(=[SiH2])[CH]1C(CCC)=CC2=C1CCCC2.Cl.Cl. The Balaban J connectivity index is 0.00000160. The molecule has 0 spiro atoms. The summed E-state index contributed by atoms with van der Waals surface area (Å²) in [5.74, 6) is 0. The zero-order chi connectivity index (χ0) is 20.0. The average molecular weight is 547 g/mol. The topological polar surface area (TPSA) is 0 Å². The molecule has 0 aromatic rings. The van der Waals surface area contributed by atoms with Crippen LogP contribution in [0.2, 0.25) is 16.5 Å². The van der Waals surface area contributed by atoms with Gasteiger partial charge in [0.1, 0.15) is 0 Å². The van der Waals surface area contributed by atoms with E-state index in [4.69, 9.17) is 0 Å². The summed E-state index contributed by atoms with van der Waals surface area (Å²) in [5.41, 5.74) is 11.2.